The van der Waals surface area contributed by atoms with Gasteiger partial charge in [-0.2, -0.15) is 0 Å². The van der Waals surface area contributed by atoms with Gasteiger partial charge >= 0.3 is 0 Å². The van der Waals surface area contributed by atoms with Gasteiger partial charge in [0, 0.05) is 19.4 Å². The fourth-order valence-corrected chi connectivity index (χ4v) is 1.88. The van der Waals surface area contributed by atoms with Crippen molar-refractivity contribution in [3.05, 3.63) is 46.2 Å². The number of amides is 1. The van der Waals surface area contributed by atoms with E-state index in [2.05, 4.69) is 15.0 Å². The number of halogens is 2. The molecule has 1 amide bonds. The lowest BCUT2D eigenvalue weighted by Gasteiger charge is -2.16. The van der Waals surface area contributed by atoms with Gasteiger partial charge in [0.15, 0.2) is 0 Å². The third-order valence-corrected chi connectivity index (χ3v) is 2.83. The highest BCUT2D eigenvalue weighted by atomic mass is 35.5. The van der Waals surface area contributed by atoms with Gasteiger partial charge in [0.25, 0.3) is 5.91 Å². The molecule has 0 radical (unpaired) electrons. The number of carbonyl (C=O) groups is 1. The van der Waals surface area contributed by atoms with Crippen LogP contribution >= 0.6 is 23.2 Å². The third-order valence-electron chi connectivity index (χ3n) is 2.33. The van der Waals surface area contributed by atoms with E-state index in [4.69, 9.17) is 23.2 Å². The second-order valence-electron chi connectivity index (χ2n) is 3.67. The van der Waals surface area contributed by atoms with Crippen molar-refractivity contribution < 1.29 is 4.79 Å². The largest absolute Gasteiger partial charge is 0.347 e. The summed E-state index contributed by atoms with van der Waals surface area (Å²) in [4.78, 5) is 24.4. The van der Waals surface area contributed by atoms with Crippen molar-refractivity contribution in [1.29, 1.82) is 0 Å². The van der Waals surface area contributed by atoms with E-state index in [0.29, 0.717) is 17.9 Å². The van der Waals surface area contributed by atoms with Crippen LogP contribution in [0.5, 0.6) is 0 Å². The second-order valence-corrected chi connectivity index (χ2v) is 4.41. The van der Waals surface area contributed by atoms with Gasteiger partial charge in [-0.1, -0.05) is 23.2 Å². The Balaban J connectivity index is 2.15. The topological polar surface area (TPSA) is 61.9 Å². The smallest absolute Gasteiger partial charge is 0.257 e. The molecule has 0 unspecified atom stereocenters. The van der Waals surface area contributed by atoms with Crippen molar-refractivity contribution in [1.82, 2.24) is 19.9 Å². The molecular weight excluding hydrogens is 275 g/mol. The van der Waals surface area contributed by atoms with Crippen LogP contribution in [0.2, 0.25) is 10.3 Å². The molecule has 0 bridgehead atoms. The number of carbonyl (C=O) groups excluding carboxylic acids is 1. The van der Waals surface area contributed by atoms with Crippen LogP contribution in [0.1, 0.15) is 16.2 Å². The molecule has 2 rings (SSSR count). The zero-order valence-corrected chi connectivity index (χ0v) is 11.0. The molecule has 2 heterocycles. The number of pyridine rings is 1. The molecule has 0 aliphatic carbocycles. The maximum atomic E-state index is 12.1. The SMILES string of the molecule is CN(Cc1ncc[nH]1)C(=O)c1ccc(Cl)nc1Cl. The molecule has 2 aromatic heterocycles. The number of aromatic amines is 1. The average molecular weight is 285 g/mol. The van der Waals surface area contributed by atoms with Crippen LogP contribution < -0.4 is 0 Å². The maximum absolute atomic E-state index is 12.1. The Morgan fingerprint density at radius 1 is 1.44 bits per heavy atom. The average Bonchev–Trinajstić information content (AvgIpc) is 2.81. The quantitative estimate of drug-likeness (QED) is 0.881. The normalized spacial score (nSPS) is 10.4. The first-order chi connectivity index (χ1) is 8.58. The minimum Gasteiger partial charge on any atom is -0.347 e. The molecule has 0 spiro atoms. The monoisotopic (exact) mass is 284 g/mol. The van der Waals surface area contributed by atoms with Gasteiger partial charge in [-0.05, 0) is 12.1 Å². The summed E-state index contributed by atoms with van der Waals surface area (Å²) in [6, 6.07) is 3.08. The highest BCUT2D eigenvalue weighted by Gasteiger charge is 2.17. The Bertz CT molecular complexity index is 556. The van der Waals surface area contributed by atoms with Gasteiger partial charge in [0.1, 0.15) is 16.1 Å². The highest BCUT2D eigenvalue weighted by molar-refractivity contribution is 6.34. The van der Waals surface area contributed by atoms with Gasteiger partial charge in [-0.15, -0.1) is 0 Å². The lowest BCUT2D eigenvalue weighted by atomic mass is 10.2. The van der Waals surface area contributed by atoms with Crippen molar-refractivity contribution in [2.75, 3.05) is 7.05 Å². The van der Waals surface area contributed by atoms with Gasteiger partial charge < -0.3 is 9.88 Å². The number of nitrogens with one attached hydrogen (secondary N) is 1. The Morgan fingerprint density at radius 3 is 2.83 bits per heavy atom. The molecule has 7 heteroatoms. The predicted molar refractivity (Wildman–Crippen MR) is 68.6 cm³/mol. The fraction of sp³-hybridized carbons (Fsp3) is 0.182. The molecule has 1 N–H and O–H groups in total. The van der Waals surface area contributed by atoms with Crippen molar-refractivity contribution in [3.63, 3.8) is 0 Å². The lowest BCUT2D eigenvalue weighted by Crippen LogP contribution is -2.27. The van der Waals surface area contributed by atoms with E-state index in [-0.39, 0.29) is 16.2 Å². The van der Waals surface area contributed by atoms with E-state index in [0.717, 1.165) is 0 Å². The van der Waals surface area contributed by atoms with Gasteiger partial charge in [-0.3, -0.25) is 4.79 Å². The summed E-state index contributed by atoms with van der Waals surface area (Å²) < 4.78 is 0. The summed E-state index contributed by atoms with van der Waals surface area (Å²) in [5, 5.41) is 0.351. The molecule has 0 aliphatic heterocycles. The van der Waals surface area contributed by atoms with Crippen molar-refractivity contribution in [2.45, 2.75) is 6.54 Å². The van der Waals surface area contributed by atoms with E-state index in [1.165, 1.54) is 11.0 Å². The molecule has 2 aromatic rings. The molecule has 0 fully saturated rings. The van der Waals surface area contributed by atoms with Crippen LogP contribution in [0.15, 0.2) is 24.5 Å². The number of hydrogen-bond donors (Lipinski definition) is 1. The van der Waals surface area contributed by atoms with E-state index < -0.39 is 0 Å². The van der Waals surface area contributed by atoms with Crippen molar-refractivity contribution in [3.8, 4) is 0 Å². The first-order valence-electron chi connectivity index (χ1n) is 5.13. The highest BCUT2D eigenvalue weighted by Crippen LogP contribution is 2.18. The molecule has 94 valence electrons. The zero-order chi connectivity index (χ0) is 13.1. The molecule has 0 atom stereocenters. The van der Waals surface area contributed by atoms with Crippen LogP contribution in [0.4, 0.5) is 0 Å². The molecule has 0 saturated carbocycles. The van der Waals surface area contributed by atoms with Crippen LogP contribution in [-0.2, 0) is 6.54 Å². The van der Waals surface area contributed by atoms with Crippen LogP contribution in [-0.4, -0.2) is 32.8 Å². The zero-order valence-electron chi connectivity index (χ0n) is 9.52. The molecule has 0 aromatic carbocycles. The third kappa shape index (κ3) is 2.80. The Kier molecular flexibility index (Phi) is 3.84. The number of hydrogen-bond acceptors (Lipinski definition) is 3. The van der Waals surface area contributed by atoms with Crippen LogP contribution in [0.25, 0.3) is 0 Å². The molecule has 18 heavy (non-hydrogen) atoms. The maximum Gasteiger partial charge on any atom is 0.257 e. The van der Waals surface area contributed by atoms with Crippen molar-refractivity contribution in [2.24, 2.45) is 0 Å². The van der Waals surface area contributed by atoms with E-state index in [9.17, 15) is 4.79 Å². The van der Waals surface area contributed by atoms with Gasteiger partial charge in [0.05, 0.1) is 12.1 Å². The van der Waals surface area contributed by atoms with Crippen LogP contribution in [0, 0.1) is 0 Å². The summed E-state index contributed by atoms with van der Waals surface area (Å²) >= 11 is 11.6. The number of rotatable bonds is 3. The Hall–Kier alpha value is -1.59. The standard InChI is InChI=1S/C11H10Cl2N4O/c1-17(6-9-14-4-5-15-9)11(18)7-2-3-8(12)16-10(7)13/h2-5H,6H2,1H3,(H,14,15). The summed E-state index contributed by atoms with van der Waals surface area (Å²) in [5.74, 6) is 0.462. The molecule has 5 nitrogen and oxygen atoms in total. The molecular formula is C11H10Cl2N4O. The number of H-pyrrole nitrogens is 1. The number of nitrogens with zero attached hydrogens (tertiary/aromatic N) is 3. The summed E-state index contributed by atoms with van der Waals surface area (Å²) in [6.45, 7) is 0.366. The fourth-order valence-electron chi connectivity index (χ4n) is 1.46. The van der Waals surface area contributed by atoms with Gasteiger partial charge in [0.2, 0.25) is 0 Å². The lowest BCUT2D eigenvalue weighted by molar-refractivity contribution is 0.0781. The molecule has 0 aliphatic rings. The Morgan fingerprint density at radius 2 is 2.22 bits per heavy atom. The number of aromatic nitrogens is 3. The number of imidazole rings is 1. The van der Waals surface area contributed by atoms with Crippen LogP contribution in [0.3, 0.4) is 0 Å². The molecule has 0 saturated heterocycles. The van der Waals surface area contributed by atoms with E-state index >= 15 is 0 Å². The summed E-state index contributed by atoms with van der Waals surface area (Å²) in [7, 11) is 1.66. The van der Waals surface area contributed by atoms with Crippen molar-refractivity contribution >= 4 is 29.1 Å². The Labute approximate surface area is 114 Å². The minimum atomic E-state index is -0.236. The minimum absolute atomic E-state index is 0.0961. The predicted octanol–water partition coefficient (Wildman–Crippen LogP) is 2.38. The second kappa shape index (κ2) is 5.37. The first kappa shape index (κ1) is 12.9. The van der Waals surface area contributed by atoms with Gasteiger partial charge in [-0.25, -0.2) is 9.97 Å². The summed E-state index contributed by atoms with van der Waals surface area (Å²) in [5.41, 5.74) is 0.315. The van der Waals surface area contributed by atoms with E-state index in [1.807, 2.05) is 0 Å². The van der Waals surface area contributed by atoms with E-state index in [1.54, 1.807) is 25.5 Å². The summed E-state index contributed by atoms with van der Waals surface area (Å²) in [6.07, 6.45) is 3.33. The first-order valence-corrected chi connectivity index (χ1v) is 5.89.